The van der Waals surface area contributed by atoms with Gasteiger partial charge in [-0.2, -0.15) is 0 Å². The molecule has 1 unspecified atom stereocenters. The first-order chi connectivity index (χ1) is 14.6. The molecule has 2 amide bonds. The highest BCUT2D eigenvalue weighted by molar-refractivity contribution is 7.98. The summed E-state index contributed by atoms with van der Waals surface area (Å²) in [6, 6.07) is 16.7. The molecule has 1 saturated carbocycles. The number of aromatic nitrogens is 2. The summed E-state index contributed by atoms with van der Waals surface area (Å²) in [4.78, 5) is 30.1. The predicted molar refractivity (Wildman–Crippen MR) is 118 cm³/mol. The van der Waals surface area contributed by atoms with Gasteiger partial charge in [-0.25, -0.2) is 4.98 Å². The first-order valence-corrected chi connectivity index (χ1v) is 11.2. The number of amides is 2. The van der Waals surface area contributed by atoms with Gasteiger partial charge in [-0.3, -0.25) is 14.2 Å². The number of rotatable bonds is 8. The Balaban J connectivity index is 1.53. The van der Waals surface area contributed by atoms with Gasteiger partial charge in [0.05, 0.1) is 0 Å². The van der Waals surface area contributed by atoms with E-state index in [1.54, 1.807) is 12.3 Å². The van der Waals surface area contributed by atoms with Crippen LogP contribution in [0, 0.1) is 0 Å². The first kappa shape index (κ1) is 20.2. The topological polar surface area (TPSA) is 76.0 Å². The fourth-order valence-corrected chi connectivity index (χ4v) is 3.79. The quantitative estimate of drug-likeness (QED) is 0.549. The Hall–Kier alpha value is -3.06. The Labute approximate surface area is 180 Å². The normalized spacial score (nSPS) is 14.2. The summed E-state index contributed by atoms with van der Waals surface area (Å²) in [7, 11) is 0. The molecule has 0 spiro atoms. The molecule has 2 aromatic carbocycles. The fraction of sp³-hybridized carbons (Fsp3) is 0.261. The maximum atomic E-state index is 13.0. The number of benzene rings is 2. The van der Waals surface area contributed by atoms with Gasteiger partial charge in [0.2, 0.25) is 5.91 Å². The summed E-state index contributed by atoms with van der Waals surface area (Å²) >= 11 is 1.54. The van der Waals surface area contributed by atoms with Crippen LogP contribution in [-0.4, -0.2) is 39.7 Å². The molecule has 0 aliphatic heterocycles. The molecular weight excluding hydrogens is 396 g/mol. The molecule has 0 radical (unpaired) electrons. The van der Waals surface area contributed by atoms with Crippen molar-refractivity contribution >= 4 is 23.6 Å². The van der Waals surface area contributed by atoms with Crippen molar-refractivity contribution in [1.82, 2.24) is 20.2 Å². The van der Waals surface area contributed by atoms with E-state index in [0.717, 1.165) is 29.2 Å². The van der Waals surface area contributed by atoms with Crippen molar-refractivity contribution in [1.29, 1.82) is 0 Å². The molecule has 1 fully saturated rings. The number of carbonyl (C=O) groups excluding carboxylic acids is 2. The van der Waals surface area contributed by atoms with E-state index in [2.05, 4.69) is 15.6 Å². The van der Waals surface area contributed by atoms with Crippen molar-refractivity contribution in [2.75, 3.05) is 6.26 Å². The molecule has 3 aromatic rings. The van der Waals surface area contributed by atoms with Crippen molar-refractivity contribution in [2.45, 2.75) is 36.5 Å². The Morgan fingerprint density at radius 3 is 2.70 bits per heavy atom. The van der Waals surface area contributed by atoms with Gasteiger partial charge < -0.3 is 10.6 Å². The third kappa shape index (κ3) is 4.91. The van der Waals surface area contributed by atoms with Crippen molar-refractivity contribution in [2.24, 2.45) is 0 Å². The smallest absolute Gasteiger partial charge is 0.252 e. The largest absolute Gasteiger partial charge is 0.352 e. The van der Waals surface area contributed by atoms with Crippen molar-refractivity contribution in [3.63, 3.8) is 0 Å². The number of thioether (sulfide) groups is 1. The van der Waals surface area contributed by atoms with Gasteiger partial charge in [0.1, 0.15) is 6.04 Å². The average molecular weight is 421 g/mol. The highest BCUT2D eigenvalue weighted by Crippen LogP contribution is 2.20. The van der Waals surface area contributed by atoms with Gasteiger partial charge in [0, 0.05) is 36.1 Å². The highest BCUT2D eigenvalue weighted by atomic mass is 32.2. The van der Waals surface area contributed by atoms with E-state index < -0.39 is 6.04 Å². The van der Waals surface area contributed by atoms with Crippen LogP contribution in [0.25, 0.3) is 5.69 Å². The lowest BCUT2D eigenvalue weighted by Crippen LogP contribution is -2.48. The predicted octanol–water partition coefficient (Wildman–Crippen LogP) is 3.21. The Morgan fingerprint density at radius 2 is 1.97 bits per heavy atom. The summed E-state index contributed by atoms with van der Waals surface area (Å²) < 4.78 is 1.93. The molecule has 1 aliphatic carbocycles. The van der Waals surface area contributed by atoms with Crippen molar-refractivity contribution in [3.8, 4) is 5.69 Å². The van der Waals surface area contributed by atoms with E-state index >= 15 is 0 Å². The molecule has 4 rings (SSSR count). The minimum atomic E-state index is -0.626. The standard InChI is InChI=1S/C23H24N4O2S/c1-30-23-24-12-13-27(23)19-9-5-8-17(15-19)21(28)26-20(22(29)25-18-10-11-18)14-16-6-3-2-4-7-16/h2-9,12-13,15,18,20H,10-11,14H2,1H3,(H,25,29)(H,26,28). The third-order valence-electron chi connectivity index (χ3n) is 5.00. The number of hydrogen-bond donors (Lipinski definition) is 2. The van der Waals surface area contributed by atoms with E-state index in [1.807, 2.05) is 65.6 Å². The number of hydrogen-bond acceptors (Lipinski definition) is 4. The molecule has 1 aliphatic rings. The van der Waals surface area contributed by atoms with Crippen LogP contribution in [0.1, 0.15) is 28.8 Å². The Kier molecular flexibility index (Phi) is 6.18. The lowest BCUT2D eigenvalue weighted by Gasteiger charge is -2.19. The van der Waals surface area contributed by atoms with Gasteiger partial charge in [-0.15, -0.1) is 0 Å². The van der Waals surface area contributed by atoms with Crippen molar-refractivity contribution < 1.29 is 9.59 Å². The molecule has 1 aromatic heterocycles. The lowest BCUT2D eigenvalue weighted by atomic mass is 10.0. The molecule has 0 saturated heterocycles. The minimum absolute atomic E-state index is 0.134. The lowest BCUT2D eigenvalue weighted by molar-refractivity contribution is -0.123. The van der Waals surface area contributed by atoms with Crippen LogP contribution < -0.4 is 10.6 Å². The van der Waals surface area contributed by atoms with Crippen LogP contribution >= 0.6 is 11.8 Å². The fourth-order valence-electron chi connectivity index (χ4n) is 3.26. The second-order valence-corrected chi connectivity index (χ2v) is 8.11. The molecule has 2 N–H and O–H groups in total. The second kappa shape index (κ2) is 9.17. The summed E-state index contributed by atoms with van der Waals surface area (Å²) in [5, 5.41) is 6.79. The summed E-state index contributed by atoms with van der Waals surface area (Å²) in [6.07, 6.45) is 8.01. The molecule has 1 heterocycles. The van der Waals surface area contributed by atoms with Gasteiger partial charge in [-0.05, 0) is 42.9 Å². The van der Waals surface area contributed by atoms with E-state index in [4.69, 9.17) is 0 Å². The van der Waals surface area contributed by atoms with Crippen LogP contribution in [0.4, 0.5) is 0 Å². The SMILES string of the molecule is CSc1nccn1-c1cccc(C(=O)NC(Cc2ccccc2)C(=O)NC2CC2)c1. The van der Waals surface area contributed by atoms with E-state index in [-0.39, 0.29) is 17.9 Å². The minimum Gasteiger partial charge on any atom is -0.352 e. The van der Waals surface area contributed by atoms with Gasteiger partial charge in [-0.1, -0.05) is 48.2 Å². The van der Waals surface area contributed by atoms with Crippen LogP contribution in [0.5, 0.6) is 0 Å². The molecule has 30 heavy (non-hydrogen) atoms. The highest BCUT2D eigenvalue weighted by Gasteiger charge is 2.28. The maximum Gasteiger partial charge on any atom is 0.252 e. The van der Waals surface area contributed by atoms with E-state index in [0.29, 0.717) is 12.0 Å². The Bertz CT molecular complexity index is 1030. The van der Waals surface area contributed by atoms with Crippen LogP contribution in [0.3, 0.4) is 0 Å². The zero-order chi connectivity index (χ0) is 20.9. The summed E-state index contributed by atoms with van der Waals surface area (Å²) in [5.74, 6) is -0.403. The zero-order valence-electron chi connectivity index (χ0n) is 16.7. The number of imidazole rings is 1. The van der Waals surface area contributed by atoms with Gasteiger partial charge in [0.25, 0.3) is 5.91 Å². The van der Waals surface area contributed by atoms with E-state index in [9.17, 15) is 9.59 Å². The van der Waals surface area contributed by atoms with Crippen LogP contribution in [0.2, 0.25) is 0 Å². The summed E-state index contributed by atoms with van der Waals surface area (Å²) in [6.45, 7) is 0. The van der Waals surface area contributed by atoms with Crippen molar-refractivity contribution in [3.05, 3.63) is 78.1 Å². The molecule has 6 nitrogen and oxygen atoms in total. The average Bonchev–Trinajstić information content (AvgIpc) is 3.46. The van der Waals surface area contributed by atoms with Gasteiger partial charge in [0.15, 0.2) is 5.16 Å². The molecule has 154 valence electrons. The monoisotopic (exact) mass is 420 g/mol. The number of carbonyl (C=O) groups is 2. The number of nitrogens with zero attached hydrogens (tertiary/aromatic N) is 2. The molecular formula is C23H24N4O2S. The van der Waals surface area contributed by atoms with Crippen LogP contribution in [-0.2, 0) is 11.2 Å². The molecule has 1 atom stereocenters. The van der Waals surface area contributed by atoms with Crippen LogP contribution in [0.15, 0.2) is 72.1 Å². The molecule has 7 heteroatoms. The first-order valence-electron chi connectivity index (χ1n) is 9.97. The van der Waals surface area contributed by atoms with E-state index in [1.165, 1.54) is 11.8 Å². The molecule has 0 bridgehead atoms. The zero-order valence-corrected chi connectivity index (χ0v) is 17.6. The second-order valence-electron chi connectivity index (χ2n) is 7.33. The summed E-state index contributed by atoms with van der Waals surface area (Å²) in [5.41, 5.74) is 2.36. The number of nitrogens with one attached hydrogen (secondary N) is 2. The van der Waals surface area contributed by atoms with Gasteiger partial charge >= 0.3 is 0 Å². The third-order valence-corrected chi connectivity index (χ3v) is 5.67. The maximum absolute atomic E-state index is 13.0. The Morgan fingerprint density at radius 1 is 1.17 bits per heavy atom.